The molecule has 0 heterocycles. The molecule has 3 nitrogen and oxygen atoms in total. The molecule has 1 N–H and O–H groups in total. The van der Waals surface area contributed by atoms with E-state index in [-0.39, 0.29) is 6.42 Å². The van der Waals surface area contributed by atoms with Crippen LogP contribution in [0.25, 0.3) is 0 Å². The minimum absolute atomic E-state index is 0.250. The van der Waals surface area contributed by atoms with Crippen LogP contribution in [0.4, 0.5) is 0 Å². The van der Waals surface area contributed by atoms with Crippen molar-refractivity contribution in [3.63, 3.8) is 0 Å². The number of rotatable bonds is 3. The summed E-state index contributed by atoms with van der Waals surface area (Å²) in [5.41, 5.74) is 0. The summed E-state index contributed by atoms with van der Waals surface area (Å²) in [6.07, 6.45) is 0.565. The van der Waals surface area contributed by atoms with E-state index in [0.717, 1.165) is 0 Å². The van der Waals surface area contributed by atoms with Gasteiger partial charge in [-0.2, -0.15) is 17.9 Å². The fraction of sp³-hybridized carbons (Fsp3) is 0.600. The molecule has 0 aromatic heterocycles. The monoisotopic (exact) mass is 145 g/mol. The smallest absolute Gasteiger partial charge is 0.316 e. The Kier molecular flexibility index (Phi) is 3.89. The Morgan fingerprint density at radius 2 is 2.44 bits per heavy atom. The second-order valence-corrected chi connectivity index (χ2v) is 2.17. The predicted molar refractivity (Wildman–Crippen MR) is 35.3 cm³/mol. The number of carboxylic acids is 1. The van der Waals surface area contributed by atoms with Gasteiger partial charge in [0.1, 0.15) is 5.25 Å². The van der Waals surface area contributed by atoms with Crippen LogP contribution in [-0.2, 0) is 4.79 Å². The van der Waals surface area contributed by atoms with Crippen LogP contribution in [0.1, 0.15) is 12.8 Å². The number of hydrogen-bond donors (Lipinski definition) is 2. The molecule has 0 saturated carbocycles. The van der Waals surface area contributed by atoms with Crippen LogP contribution in [0.2, 0.25) is 0 Å². The summed E-state index contributed by atoms with van der Waals surface area (Å²) >= 11 is 3.71. The number of carboxylic acid groups (broad SMARTS) is 1. The molecule has 0 unspecified atom stereocenters. The molecule has 0 aliphatic carbocycles. The lowest BCUT2D eigenvalue weighted by Gasteiger charge is -1.98. The van der Waals surface area contributed by atoms with E-state index in [9.17, 15) is 4.79 Å². The summed E-state index contributed by atoms with van der Waals surface area (Å²) in [7, 11) is 0. The van der Waals surface area contributed by atoms with Crippen LogP contribution in [0.15, 0.2) is 0 Å². The second-order valence-electron chi connectivity index (χ2n) is 1.55. The molecule has 9 heavy (non-hydrogen) atoms. The molecule has 0 aliphatic rings. The molecular formula is C5H7NO2S. The maximum atomic E-state index is 10.0. The molecule has 0 fully saturated rings. The van der Waals surface area contributed by atoms with Crippen molar-refractivity contribution in [2.75, 3.05) is 0 Å². The second kappa shape index (κ2) is 4.21. The van der Waals surface area contributed by atoms with E-state index in [0.29, 0.717) is 6.42 Å². The first-order valence-corrected chi connectivity index (χ1v) is 2.98. The summed E-state index contributed by atoms with van der Waals surface area (Å²) < 4.78 is 0. The number of thiol groups is 1. The minimum atomic E-state index is -0.964. The maximum absolute atomic E-state index is 10.0. The van der Waals surface area contributed by atoms with Crippen LogP contribution < -0.4 is 0 Å². The van der Waals surface area contributed by atoms with Crippen molar-refractivity contribution >= 4 is 18.6 Å². The topological polar surface area (TPSA) is 61.1 Å². The molecule has 1 atom stereocenters. The summed E-state index contributed by atoms with van der Waals surface area (Å²) in [6.45, 7) is 0. The highest BCUT2D eigenvalue weighted by molar-refractivity contribution is 7.81. The van der Waals surface area contributed by atoms with Crippen molar-refractivity contribution in [2.24, 2.45) is 0 Å². The first-order valence-electron chi connectivity index (χ1n) is 2.46. The van der Waals surface area contributed by atoms with Gasteiger partial charge in [-0.3, -0.25) is 4.79 Å². The maximum Gasteiger partial charge on any atom is 0.316 e. The Labute approximate surface area is 58.7 Å². The van der Waals surface area contributed by atoms with Crippen LogP contribution in [0, 0.1) is 11.3 Å². The lowest BCUT2D eigenvalue weighted by molar-refractivity contribution is -0.136. The van der Waals surface area contributed by atoms with Gasteiger partial charge in [0.2, 0.25) is 0 Å². The lowest BCUT2D eigenvalue weighted by Crippen LogP contribution is -2.12. The van der Waals surface area contributed by atoms with Gasteiger partial charge in [-0.1, -0.05) is 0 Å². The van der Waals surface area contributed by atoms with Gasteiger partial charge in [-0.05, 0) is 6.42 Å². The molecule has 50 valence electrons. The van der Waals surface area contributed by atoms with E-state index in [2.05, 4.69) is 12.6 Å². The molecule has 0 aliphatic heterocycles. The average Bonchev–Trinajstić information content (AvgIpc) is 1.82. The highest BCUT2D eigenvalue weighted by Crippen LogP contribution is 2.02. The first kappa shape index (κ1) is 8.31. The molecule has 0 saturated heterocycles. The standard InChI is InChI=1S/C5H7NO2S/c6-3-1-2-4(9)5(7)8/h4,9H,1-2H2,(H,7,8)/t4-/m0/s1. The summed E-state index contributed by atoms with van der Waals surface area (Å²) in [4.78, 5) is 10.0. The zero-order chi connectivity index (χ0) is 7.28. The van der Waals surface area contributed by atoms with Gasteiger partial charge < -0.3 is 5.11 Å². The molecule has 0 aromatic rings. The van der Waals surface area contributed by atoms with Gasteiger partial charge in [0.15, 0.2) is 0 Å². The van der Waals surface area contributed by atoms with Crippen LogP contribution in [0.3, 0.4) is 0 Å². The van der Waals surface area contributed by atoms with Gasteiger partial charge in [0.25, 0.3) is 0 Å². The van der Waals surface area contributed by atoms with Gasteiger partial charge >= 0.3 is 5.97 Å². The van der Waals surface area contributed by atoms with E-state index >= 15 is 0 Å². The van der Waals surface area contributed by atoms with Crippen molar-refractivity contribution in [3.8, 4) is 6.07 Å². The molecule has 0 spiro atoms. The molecule has 0 amide bonds. The van der Waals surface area contributed by atoms with E-state index in [1.165, 1.54) is 0 Å². The third-order valence-electron chi connectivity index (χ3n) is 0.815. The average molecular weight is 145 g/mol. The van der Waals surface area contributed by atoms with E-state index in [4.69, 9.17) is 10.4 Å². The first-order chi connectivity index (χ1) is 4.18. The van der Waals surface area contributed by atoms with E-state index < -0.39 is 11.2 Å². The number of nitrogens with zero attached hydrogens (tertiary/aromatic N) is 1. The summed E-state index contributed by atoms with van der Waals surface area (Å²) in [5, 5.41) is 15.6. The van der Waals surface area contributed by atoms with Gasteiger partial charge in [-0.15, -0.1) is 0 Å². The number of hydrogen-bond acceptors (Lipinski definition) is 3. The van der Waals surface area contributed by atoms with Crippen molar-refractivity contribution < 1.29 is 9.90 Å². The van der Waals surface area contributed by atoms with Crippen LogP contribution >= 0.6 is 12.6 Å². The zero-order valence-electron chi connectivity index (χ0n) is 4.74. The molecule has 0 aromatic carbocycles. The third kappa shape index (κ3) is 3.86. The molecule has 0 bridgehead atoms. The molecule has 0 radical (unpaired) electrons. The van der Waals surface area contributed by atoms with Crippen LogP contribution in [-0.4, -0.2) is 16.3 Å². The molecule has 4 heteroatoms. The van der Waals surface area contributed by atoms with Gasteiger partial charge in [0, 0.05) is 6.42 Å². The van der Waals surface area contributed by atoms with Crippen molar-refractivity contribution in [3.05, 3.63) is 0 Å². The summed E-state index contributed by atoms with van der Waals surface area (Å²) in [5.74, 6) is -0.964. The van der Waals surface area contributed by atoms with Crippen molar-refractivity contribution in [1.82, 2.24) is 0 Å². The van der Waals surface area contributed by atoms with Crippen LogP contribution in [0.5, 0.6) is 0 Å². The Balaban J connectivity index is 3.41. The zero-order valence-corrected chi connectivity index (χ0v) is 5.64. The van der Waals surface area contributed by atoms with E-state index in [1.807, 2.05) is 6.07 Å². The third-order valence-corrected chi connectivity index (χ3v) is 1.29. The number of aliphatic carboxylic acids is 1. The highest BCUT2D eigenvalue weighted by atomic mass is 32.1. The molecular weight excluding hydrogens is 138 g/mol. The SMILES string of the molecule is N#CCC[C@H](S)C(=O)O. The summed E-state index contributed by atoms with van der Waals surface area (Å²) in [6, 6.07) is 1.84. The lowest BCUT2D eigenvalue weighted by atomic mass is 10.2. The normalized spacial score (nSPS) is 12.0. The Morgan fingerprint density at radius 1 is 1.89 bits per heavy atom. The molecule has 0 rings (SSSR count). The number of carbonyl (C=O) groups is 1. The van der Waals surface area contributed by atoms with Gasteiger partial charge in [0.05, 0.1) is 6.07 Å². The number of nitriles is 1. The fourth-order valence-corrected chi connectivity index (χ4v) is 0.454. The van der Waals surface area contributed by atoms with Crippen molar-refractivity contribution in [2.45, 2.75) is 18.1 Å². The highest BCUT2D eigenvalue weighted by Gasteiger charge is 2.09. The Morgan fingerprint density at radius 3 is 2.78 bits per heavy atom. The largest absolute Gasteiger partial charge is 0.480 e. The fourth-order valence-electron chi connectivity index (χ4n) is 0.325. The minimum Gasteiger partial charge on any atom is -0.480 e. The quantitative estimate of drug-likeness (QED) is 0.574. The van der Waals surface area contributed by atoms with Gasteiger partial charge in [-0.25, -0.2) is 0 Å². The van der Waals surface area contributed by atoms with E-state index in [1.54, 1.807) is 0 Å². The Hall–Kier alpha value is -0.690. The predicted octanol–water partition coefficient (Wildman–Crippen LogP) is 0.673. The van der Waals surface area contributed by atoms with Crippen molar-refractivity contribution in [1.29, 1.82) is 5.26 Å². The Bertz CT molecular complexity index is 140.